The van der Waals surface area contributed by atoms with Crippen LogP contribution in [0.3, 0.4) is 0 Å². The minimum atomic E-state index is -1.02. The van der Waals surface area contributed by atoms with Crippen molar-refractivity contribution in [3.8, 4) is 11.8 Å². The number of rotatable bonds is 0. The van der Waals surface area contributed by atoms with E-state index in [0.29, 0.717) is 16.9 Å². The van der Waals surface area contributed by atoms with Gasteiger partial charge in [-0.2, -0.15) is 5.26 Å². The van der Waals surface area contributed by atoms with E-state index in [1.54, 1.807) is 32.0 Å². The smallest absolute Gasteiger partial charge is 0.345 e. The summed E-state index contributed by atoms with van der Waals surface area (Å²) in [4.78, 5) is 11.6. The predicted molar refractivity (Wildman–Crippen MR) is 51.3 cm³/mol. The first-order valence-corrected chi connectivity index (χ1v) is 4.49. The molecule has 4 heteroatoms. The van der Waals surface area contributed by atoms with Crippen LogP contribution in [0.25, 0.3) is 0 Å². The third-order valence-corrected chi connectivity index (χ3v) is 2.04. The van der Waals surface area contributed by atoms with Gasteiger partial charge in [0.05, 0.1) is 5.56 Å². The summed E-state index contributed by atoms with van der Waals surface area (Å²) in [6, 6.07) is 6.79. The molecule has 0 bridgehead atoms. The summed E-state index contributed by atoms with van der Waals surface area (Å²) in [7, 11) is 0. The molecule has 1 aliphatic heterocycles. The molecule has 0 aromatic heterocycles. The van der Waals surface area contributed by atoms with Gasteiger partial charge in [0.1, 0.15) is 11.6 Å². The van der Waals surface area contributed by atoms with Gasteiger partial charge in [0, 0.05) is 13.8 Å². The number of carbonyl (C=O) groups is 1. The second-order valence-corrected chi connectivity index (χ2v) is 3.69. The number of carbonyl (C=O) groups excluding carboxylic acids is 1. The Morgan fingerprint density at radius 1 is 1.33 bits per heavy atom. The minimum Gasteiger partial charge on any atom is -0.451 e. The van der Waals surface area contributed by atoms with Crippen LogP contribution in [0.5, 0.6) is 5.75 Å². The molecule has 0 atom stereocenters. The molecule has 1 aromatic carbocycles. The highest BCUT2D eigenvalue weighted by molar-refractivity contribution is 5.94. The lowest BCUT2D eigenvalue weighted by molar-refractivity contribution is -0.127. The van der Waals surface area contributed by atoms with Crippen LogP contribution in [0.1, 0.15) is 29.8 Å². The van der Waals surface area contributed by atoms with Crippen molar-refractivity contribution < 1.29 is 14.3 Å². The molecule has 0 N–H and O–H groups in total. The average Bonchev–Trinajstić information content (AvgIpc) is 2.15. The van der Waals surface area contributed by atoms with Gasteiger partial charge >= 0.3 is 5.97 Å². The van der Waals surface area contributed by atoms with Gasteiger partial charge in [0.2, 0.25) is 5.79 Å². The van der Waals surface area contributed by atoms with Gasteiger partial charge in [-0.1, -0.05) is 6.07 Å². The second kappa shape index (κ2) is 2.99. The quantitative estimate of drug-likeness (QED) is 0.603. The zero-order valence-electron chi connectivity index (χ0n) is 8.40. The zero-order valence-corrected chi connectivity index (χ0v) is 8.40. The molecule has 1 aromatic rings. The number of nitrogens with zero attached hydrogens (tertiary/aromatic N) is 1. The van der Waals surface area contributed by atoms with Crippen LogP contribution in [0.2, 0.25) is 0 Å². The summed E-state index contributed by atoms with van der Waals surface area (Å²) < 4.78 is 10.5. The highest BCUT2D eigenvalue weighted by Crippen LogP contribution is 2.33. The van der Waals surface area contributed by atoms with E-state index in [1.807, 2.05) is 6.07 Å². The summed E-state index contributed by atoms with van der Waals surface area (Å²) in [5.41, 5.74) is 0.644. The van der Waals surface area contributed by atoms with Crippen LogP contribution < -0.4 is 4.74 Å². The molecule has 76 valence electrons. The summed E-state index contributed by atoms with van der Waals surface area (Å²) in [6.45, 7) is 3.25. The number of cyclic esters (lactones) is 1. The second-order valence-electron chi connectivity index (χ2n) is 3.69. The molecule has 0 saturated carbocycles. The fourth-order valence-corrected chi connectivity index (χ4v) is 1.44. The van der Waals surface area contributed by atoms with Crippen molar-refractivity contribution in [1.82, 2.24) is 0 Å². The van der Waals surface area contributed by atoms with Crippen LogP contribution in [-0.2, 0) is 4.74 Å². The molecule has 0 fully saturated rings. The van der Waals surface area contributed by atoms with Crippen molar-refractivity contribution in [3.63, 3.8) is 0 Å². The van der Waals surface area contributed by atoms with Crippen LogP contribution in [0.15, 0.2) is 18.2 Å². The number of hydrogen-bond donors (Lipinski definition) is 0. The normalized spacial score (nSPS) is 17.0. The number of ether oxygens (including phenoxy) is 2. The summed E-state index contributed by atoms with van der Waals surface area (Å²) >= 11 is 0. The van der Waals surface area contributed by atoms with E-state index >= 15 is 0 Å². The summed E-state index contributed by atoms with van der Waals surface area (Å²) in [5, 5.41) is 8.87. The first-order valence-electron chi connectivity index (χ1n) is 4.49. The SMILES string of the molecule is CC1(C)OC(=O)c2cccc(C#N)c2O1. The van der Waals surface area contributed by atoms with Gasteiger partial charge in [-0.15, -0.1) is 0 Å². The summed E-state index contributed by atoms with van der Waals surface area (Å²) in [6.07, 6.45) is 0. The highest BCUT2D eigenvalue weighted by Gasteiger charge is 2.35. The lowest BCUT2D eigenvalue weighted by Gasteiger charge is -2.31. The van der Waals surface area contributed by atoms with E-state index in [-0.39, 0.29) is 0 Å². The topological polar surface area (TPSA) is 59.3 Å². The molecule has 0 saturated heterocycles. The van der Waals surface area contributed by atoms with Crippen molar-refractivity contribution in [1.29, 1.82) is 5.26 Å². The van der Waals surface area contributed by atoms with Crippen LogP contribution >= 0.6 is 0 Å². The third kappa shape index (κ3) is 1.52. The maximum absolute atomic E-state index is 11.6. The Bertz CT molecular complexity index is 471. The van der Waals surface area contributed by atoms with Crippen molar-refractivity contribution in [2.75, 3.05) is 0 Å². The van der Waals surface area contributed by atoms with E-state index in [2.05, 4.69) is 0 Å². The number of esters is 1. The Morgan fingerprint density at radius 2 is 2.07 bits per heavy atom. The number of fused-ring (bicyclic) bond motifs is 1. The Hall–Kier alpha value is -2.02. The Morgan fingerprint density at radius 3 is 2.73 bits per heavy atom. The molecule has 15 heavy (non-hydrogen) atoms. The highest BCUT2D eigenvalue weighted by atomic mass is 16.7. The molecule has 0 aliphatic carbocycles. The number of nitriles is 1. The third-order valence-electron chi connectivity index (χ3n) is 2.04. The summed E-state index contributed by atoms with van der Waals surface area (Å²) in [5.74, 6) is -1.17. The molecule has 1 aliphatic rings. The Labute approximate surface area is 87.0 Å². The maximum Gasteiger partial charge on any atom is 0.345 e. The van der Waals surface area contributed by atoms with Gasteiger partial charge in [-0.05, 0) is 12.1 Å². The average molecular weight is 203 g/mol. The van der Waals surface area contributed by atoms with Crippen molar-refractivity contribution in [3.05, 3.63) is 29.3 Å². The molecule has 0 spiro atoms. The fraction of sp³-hybridized carbons (Fsp3) is 0.273. The Kier molecular flexibility index (Phi) is 1.90. The lowest BCUT2D eigenvalue weighted by Crippen LogP contribution is -2.39. The van der Waals surface area contributed by atoms with E-state index < -0.39 is 11.8 Å². The first kappa shape index (κ1) is 9.53. The minimum absolute atomic E-state index is 0.299. The molecular weight excluding hydrogens is 194 g/mol. The monoisotopic (exact) mass is 203 g/mol. The van der Waals surface area contributed by atoms with Gasteiger partial charge < -0.3 is 9.47 Å². The molecule has 0 unspecified atom stereocenters. The fourth-order valence-electron chi connectivity index (χ4n) is 1.44. The molecule has 2 rings (SSSR count). The van der Waals surface area contributed by atoms with E-state index in [1.165, 1.54) is 0 Å². The number of hydrogen-bond acceptors (Lipinski definition) is 4. The van der Waals surface area contributed by atoms with Gasteiger partial charge in [-0.3, -0.25) is 0 Å². The van der Waals surface area contributed by atoms with E-state index in [4.69, 9.17) is 14.7 Å². The van der Waals surface area contributed by atoms with Gasteiger partial charge in [0.15, 0.2) is 5.75 Å². The molecular formula is C11H9NO3. The number of para-hydroxylation sites is 1. The number of benzene rings is 1. The van der Waals surface area contributed by atoms with Gasteiger partial charge in [-0.25, -0.2) is 4.79 Å². The van der Waals surface area contributed by atoms with Crippen LogP contribution in [-0.4, -0.2) is 11.8 Å². The van der Waals surface area contributed by atoms with E-state index in [0.717, 1.165) is 0 Å². The molecule has 0 amide bonds. The van der Waals surface area contributed by atoms with Gasteiger partial charge in [0.25, 0.3) is 0 Å². The zero-order chi connectivity index (χ0) is 11.1. The molecule has 4 nitrogen and oxygen atoms in total. The largest absolute Gasteiger partial charge is 0.451 e. The predicted octanol–water partition coefficient (Wildman–Crippen LogP) is 1.84. The molecule has 0 radical (unpaired) electrons. The van der Waals surface area contributed by atoms with Crippen LogP contribution in [0.4, 0.5) is 0 Å². The van der Waals surface area contributed by atoms with Crippen molar-refractivity contribution in [2.24, 2.45) is 0 Å². The lowest BCUT2D eigenvalue weighted by atomic mass is 10.1. The molecule has 1 heterocycles. The maximum atomic E-state index is 11.6. The van der Waals surface area contributed by atoms with Crippen molar-refractivity contribution >= 4 is 5.97 Å². The van der Waals surface area contributed by atoms with E-state index in [9.17, 15) is 4.79 Å². The van der Waals surface area contributed by atoms with Crippen molar-refractivity contribution in [2.45, 2.75) is 19.6 Å². The first-order chi connectivity index (χ1) is 7.03. The standard InChI is InChI=1S/C11H9NO3/c1-11(2)14-9-7(6-12)4-3-5-8(9)10(13)15-11/h3-5H,1-2H3. The Balaban J connectivity index is 2.61. The van der Waals surface area contributed by atoms with Crippen LogP contribution in [0, 0.1) is 11.3 Å².